The topological polar surface area (TPSA) is 21.1 Å². The van der Waals surface area contributed by atoms with Gasteiger partial charge in [0.25, 0.3) is 0 Å². The summed E-state index contributed by atoms with van der Waals surface area (Å²) >= 11 is 0. The fourth-order valence-electron chi connectivity index (χ4n) is 5.12. The molecule has 2 atom stereocenters. The van der Waals surface area contributed by atoms with Crippen LogP contribution < -0.4 is 0 Å². The first-order chi connectivity index (χ1) is 16.6. The summed E-state index contributed by atoms with van der Waals surface area (Å²) < 4.78 is 29.0. The van der Waals surface area contributed by atoms with Crippen molar-refractivity contribution >= 4 is 0 Å². The summed E-state index contributed by atoms with van der Waals surface area (Å²) in [6.45, 7) is 2.90. The third-order valence-electron chi connectivity index (χ3n) is 6.97. The van der Waals surface area contributed by atoms with Crippen LogP contribution in [0.4, 0.5) is 8.78 Å². The second-order valence-electron chi connectivity index (χ2n) is 9.17. The smallest absolute Gasteiger partial charge is 0.123 e. The number of hydrogen-bond donors (Lipinski definition) is 0. The average Bonchev–Trinajstić information content (AvgIpc) is 3.25. The molecule has 1 aliphatic rings. The molecule has 3 aromatic carbocycles. The Labute approximate surface area is 199 Å². The fourth-order valence-corrected chi connectivity index (χ4v) is 5.12. The number of benzene rings is 3. The fraction of sp³-hybridized carbons (Fsp3) is 0.276. The van der Waals surface area contributed by atoms with Gasteiger partial charge in [-0.15, -0.1) is 0 Å². The lowest BCUT2D eigenvalue weighted by Crippen LogP contribution is -2.39. The molecule has 0 radical (unpaired) electrons. The maximum absolute atomic E-state index is 13.7. The summed E-state index contributed by atoms with van der Waals surface area (Å²) in [4.78, 5) is 2.52. The van der Waals surface area contributed by atoms with E-state index in [9.17, 15) is 8.78 Å². The molecule has 1 saturated heterocycles. The van der Waals surface area contributed by atoms with Gasteiger partial charge in [0.05, 0.1) is 11.4 Å². The number of likely N-dealkylation sites (tertiary alicyclic amines) is 1. The molecular weight excluding hydrogens is 428 g/mol. The SMILES string of the molecule is Cn1nc([C@@H]2CCN(CCc3ccccc3)C[C@H]2c2ccc(F)cc2)cc1-c1ccc(F)cc1. The van der Waals surface area contributed by atoms with E-state index in [0.717, 1.165) is 55.0 Å². The van der Waals surface area contributed by atoms with Gasteiger partial charge in [-0.1, -0.05) is 42.5 Å². The van der Waals surface area contributed by atoms with Crippen molar-refractivity contribution in [1.82, 2.24) is 14.7 Å². The van der Waals surface area contributed by atoms with Crippen LogP contribution in [0.5, 0.6) is 0 Å². The molecule has 174 valence electrons. The van der Waals surface area contributed by atoms with Crippen molar-refractivity contribution in [2.75, 3.05) is 19.6 Å². The third-order valence-corrected chi connectivity index (χ3v) is 6.97. The van der Waals surface area contributed by atoms with E-state index in [2.05, 4.69) is 35.2 Å². The standard InChI is InChI=1S/C29H29F2N3/c1-33-29(23-9-13-25(31)14-10-23)19-28(32-33)26-16-18-34(17-15-21-5-3-2-4-6-21)20-27(26)22-7-11-24(30)12-8-22/h2-14,19,26-27H,15-18,20H2,1H3/t26-,27+/m1/s1. The largest absolute Gasteiger partial charge is 0.302 e. The molecule has 0 spiro atoms. The molecule has 5 rings (SSSR count). The molecule has 0 N–H and O–H groups in total. The van der Waals surface area contributed by atoms with Gasteiger partial charge < -0.3 is 4.90 Å². The molecule has 1 aromatic heterocycles. The molecule has 1 aliphatic heterocycles. The van der Waals surface area contributed by atoms with Gasteiger partial charge in [-0.05, 0) is 78.5 Å². The predicted molar refractivity (Wildman–Crippen MR) is 132 cm³/mol. The maximum atomic E-state index is 13.7. The zero-order valence-corrected chi connectivity index (χ0v) is 19.4. The minimum Gasteiger partial charge on any atom is -0.302 e. The number of hydrogen-bond acceptors (Lipinski definition) is 2. The lowest BCUT2D eigenvalue weighted by atomic mass is 9.78. The monoisotopic (exact) mass is 457 g/mol. The Kier molecular flexibility index (Phi) is 6.54. The van der Waals surface area contributed by atoms with Crippen LogP contribution in [0.1, 0.15) is 35.1 Å². The molecule has 0 amide bonds. The third kappa shape index (κ3) is 4.95. The minimum absolute atomic E-state index is 0.214. The van der Waals surface area contributed by atoms with E-state index in [1.54, 1.807) is 24.3 Å². The van der Waals surface area contributed by atoms with Gasteiger partial charge in [-0.25, -0.2) is 8.78 Å². The van der Waals surface area contributed by atoms with E-state index in [0.29, 0.717) is 0 Å². The van der Waals surface area contributed by atoms with Crippen molar-refractivity contribution in [3.63, 3.8) is 0 Å². The van der Waals surface area contributed by atoms with Gasteiger partial charge in [0.1, 0.15) is 11.6 Å². The van der Waals surface area contributed by atoms with Crippen molar-refractivity contribution in [1.29, 1.82) is 0 Å². The molecule has 1 fully saturated rings. The Morgan fingerprint density at radius 1 is 0.853 bits per heavy atom. The highest BCUT2D eigenvalue weighted by molar-refractivity contribution is 5.60. The lowest BCUT2D eigenvalue weighted by Gasteiger charge is -2.38. The quantitative estimate of drug-likeness (QED) is 0.345. The molecule has 4 aromatic rings. The van der Waals surface area contributed by atoms with Crippen LogP contribution in [0.2, 0.25) is 0 Å². The molecule has 34 heavy (non-hydrogen) atoms. The Morgan fingerprint density at radius 3 is 2.24 bits per heavy atom. The van der Waals surface area contributed by atoms with E-state index >= 15 is 0 Å². The second kappa shape index (κ2) is 9.90. The van der Waals surface area contributed by atoms with E-state index in [1.807, 2.05) is 29.9 Å². The highest BCUT2D eigenvalue weighted by Crippen LogP contribution is 2.40. The van der Waals surface area contributed by atoms with Crippen molar-refractivity contribution in [2.45, 2.75) is 24.7 Å². The van der Waals surface area contributed by atoms with Crippen LogP contribution in [-0.4, -0.2) is 34.3 Å². The first-order valence-corrected chi connectivity index (χ1v) is 11.9. The second-order valence-corrected chi connectivity index (χ2v) is 9.17. The highest BCUT2D eigenvalue weighted by Gasteiger charge is 2.33. The Morgan fingerprint density at radius 2 is 1.53 bits per heavy atom. The number of aryl methyl sites for hydroxylation is 1. The Balaban J connectivity index is 1.40. The predicted octanol–water partition coefficient (Wildman–Crippen LogP) is 6.18. The first kappa shape index (κ1) is 22.5. The summed E-state index contributed by atoms with van der Waals surface area (Å²) in [7, 11) is 1.93. The Bertz CT molecular complexity index is 1220. The first-order valence-electron chi connectivity index (χ1n) is 11.9. The summed E-state index contributed by atoms with van der Waals surface area (Å²) in [6.07, 6.45) is 2.00. The van der Waals surface area contributed by atoms with E-state index in [-0.39, 0.29) is 23.5 Å². The van der Waals surface area contributed by atoms with Crippen molar-refractivity contribution in [3.05, 3.63) is 113 Å². The van der Waals surface area contributed by atoms with Crippen molar-refractivity contribution in [3.8, 4) is 11.3 Å². The van der Waals surface area contributed by atoms with E-state index in [4.69, 9.17) is 5.10 Å². The van der Waals surface area contributed by atoms with Crippen LogP contribution in [0.3, 0.4) is 0 Å². The normalized spacial score (nSPS) is 18.8. The Hall–Kier alpha value is -3.31. The van der Waals surface area contributed by atoms with Crippen molar-refractivity contribution < 1.29 is 8.78 Å². The number of nitrogens with zero attached hydrogens (tertiary/aromatic N) is 3. The summed E-state index contributed by atoms with van der Waals surface area (Å²) in [5.41, 5.74) is 5.45. The molecule has 3 nitrogen and oxygen atoms in total. The molecule has 2 heterocycles. The molecule has 0 bridgehead atoms. The summed E-state index contributed by atoms with van der Waals surface area (Å²) in [5, 5.41) is 4.88. The number of rotatable bonds is 6. The van der Waals surface area contributed by atoms with E-state index in [1.165, 1.54) is 17.7 Å². The van der Waals surface area contributed by atoms with Gasteiger partial charge in [0.2, 0.25) is 0 Å². The maximum Gasteiger partial charge on any atom is 0.123 e. The number of halogens is 2. The highest BCUT2D eigenvalue weighted by atomic mass is 19.1. The van der Waals surface area contributed by atoms with Gasteiger partial charge in [0.15, 0.2) is 0 Å². The van der Waals surface area contributed by atoms with Gasteiger partial charge >= 0.3 is 0 Å². The van der Waals surface area contributed by atoms with E-state index < -0.39 is 0 Å². The van der Waals surface area contributed by atoms with Crippen LogP contribution in [0, 0.1) is 11.6 Å². The number of piperidine rings is 1. The molecular formula is C29H29F2N3. The van der Waals surface area contributed by atoms with Crippen LogP contribution in [0.25, 0.3) is 11.3 Å². The van der Waals surface area contributed by atoms with Gasteiger partial charge in [0, 0.05) is 32.0 Å². The van der Waals surface area contributed by atoms with Gasteiger partial charge in [-0.3, -0.25) is 4.68 Å². The van der Waals surface area contributed by atoms with Crippen LogP contribution in [-0.2, 0) is 13.5 Å². The minimum atomic E-state index is -0.245. The zero-order chi connectivity index (χ0) is 23.5. The van der Waals surface area contributed by atoms with Crippen molar-refractivity contribution in [2.24, 2.45) is 7.05 Å². The lowest BCUT2D eigenvalue weighted by molar-refractivity contribution is 0.189. The molecule has 0 saturated carbocycles. The van der Waals surface area contributed by atoms with Gasteiger partial charge in [-0.2, -0.15) is 5.10 Å². The molecule has 5 heteroatoms. The summed E-state index contributed by atoms with van der Waals surface area (Å²) in [6, 6.07) is 26.2. The van der Waals surface area contributed by atoms with Crippen LogP contribution >= 0.6 is 0 Å². The average molecular weight is 458 g/mol. The summed E-state index contributed by atoms with van der Waals surface area (Å²) in [5.74, 6) is -0.00112. The zero-order valence-electron chi connectivity index (χ0n) is 19.4. The molecule has 0 unspecified atom stereocenters. The number of aromatic nitrogens is 2. The van der Waals surface area contributed by atoms with Crippen LogP contribution in [0.15, 0.2) is 84.9 Å². The molecule has 0 aliphatic carbocycles.